The van der Waals surface area contributed by atoms with Gasteiger partial charge in [0, 0.05) is 12.6 Å². The summed E-state index contributed by atoms with van der Waals surface area (Å²) < 4.78 is 0. The molecule has 22 heavy (non-hydrogen) atoms. The van der Waals surface area contributed by atoms with Crippen LogP contribution in [-0.4, -0.2) is 18.5 Å². The number of nitrogens with one attached hydrogen (secondary N) is 1. The van der Waals surface area contributed by atoms with E-state index in [2.05, 4.69) is 19.2 Å². The number of nitrogens with two attached hydrogens (primary N) is 1. The van der Waals surface area contributed by atoms with E-state index < -0.39 is 0 Å². The van der Waals surface area contributed by atoms with E-state index in [9.17, 15) is 4.79 Å². The molecule has 0 aliphatic heterocycles. The summed E-state index contributed by atoms with van der Waals surface area (Å²) in [7, 11) is 0. The van der Waals surface area contributed by atoms with Gasteiger partial charge in [-0.2, -0.15) is 0 Å². The largest absolute Gasteiger partial charge is 0.354 e. The van der Waals surface area contributed by atoms with E-state index in [0.29, 0.717) is 29.2 Å². The first-order chi connectivity index (χ1) is 9.82. The Labute approximate surface area is 140 Å². The molecule has 5 saturated carbocycles. The normalized spacial score (nSPS) is 47.0. The zero-order valence-corrected chi connectivity index (χ0v) is 14.8. The Hall–Kier alpha value is -0.280. The van der Waals surface area contributed by atoms with Gasteiger partial charge in [0.15, 0.2) is 0 Å². The second-order valence-electron chi connectivity index (χ2n) is 9.62. The van der Waals surface area contributed by atoms with E-state index in [1.165, 1.54) is 32.1 Å². The molecule has 3 atom stereocenters. The molecule has 0 aromatic rings. The number of amides is 1. The lowest BCUT2D eigenvalue weighted by Crippen LogP contribution is -2.60. The molecule has 3 N–H and O–H groups in total. The second-order valence-corrected chi connectivity index (χ2v) is 9.62. The van der Waals surface area contributed by atoms with Crippen LogP contribution in [0.25, 0.3) is 0 Å². The molecule has 0 heterocycles. The van der Waals surface area contributed by atoms with Crippen LogP contribution < -0.4 is 11.1 Å². The van der Waals surface area contributed by atoms with Gasteiger partial charge < -0.3 is 11.1 Å². The van der Waals surface area contributed by atoms with Crippen molar-refractivity contribution in [2.45, 2.75) is 71.3 Å². The maximum Gasteiger partial charge on any atom is 0.226 e. The minimum absolute atomic E-state index is 0. The van der Waals surface area contributed by atoms with Gasteiger partial charge in [-0.25, -0.2) is 0 Å². The van der Waals surface area contributed by atoms with Crippen LogP contribution in [0.5, 0.6) is 0 Å². The molecule has 1 amide bonds. The van der Waals surface area contributed by atoms with E-state index in [-0.39, 0.29) is 23.9 Å². The van der Waals surface area contributed by atoms with Crippen LogP contribution in [0, 0.1) is 28.1 Å². The highest BCUT2D eigenvalue weighted by atomic mass is 35.5. The fourth-order valence-corrected chi connectivity index (χ4v) is 6.79. The van der Waals surface area contributed by atoms with Crippen molar-refractivity contribution in [3.05, 3.63) is 0 Å². The van der Waals surface area contributed by atoms with Gasteiger partial charge in [0.2, 0.25) is 5.91 Å². The molecule has 0 aromatic carbocycles. The molecule has 5 aliphatic carbocycles. The van der Waals surface area contributed by atoms with E-state index in [1.54, 1.807) is 0 Å². The fraction of sp³-hybridized carbons (Fsp3) is 0.944. The maximum atomic E-state index is 13.0. The topological polar surface area (TPSA) is 55.1 Å². The van der Waals surface area contributed by atoms with Crippen LogP contribution in [0.3, 0.4) is 0 Å². The molecule has 3 nitrogen and oxygen atoms in total. The van der Waals surface area contributed by atoms with E-state index >= 15 is 0 Å². The standard InChI is InChI=1S/C18H30N2O.ClH/c1-16-5-12-6-17(2,9-16)11-18(7-12,10-16)15(21)20-8-14(19)13-3-4-13;/h12-14H,3-11,19H2,1-2H3,(H,20,21);1H. The van der Waals surface area contributed by atoms with Crippen LogP contribution in [0.4, 0.5) is 0 Å². The van der Waals surface area contributed by atoms with Crippen molar-refractivity contribution in [1.29, 1.82) is 0 Å². The van der Waals surface area contributed by atoms with Crippen LogP contribution in [0.1, 0.15) is 65.2 Å². The number of hydrogen-bond donors (Lipinski definition) is 2. The molecule has 4 bridgehead atoms. The third kappa shape index (κ3) is 2.69. The summed E-state index contributed by atoms with van der Waals surface area (Å²) in [6, 6.07) is 0.175. The SMILES string of the molecule is CC12CC3CC(C)(C1)CC(C(=O)NCC(N)C1CC1)(C3)C2.Cl. The van der Waals surface area contributed by atoms with Gasteiger partial charge in [-0.15, -0.1) is 12.4 Å². The van der Waals surface area contributed by atoms with Crippen LogP contribution in [0.2, 0.25) is 0 Å². The number of rotatable bonds is 4. The second kappa shape index (κ2) is 5.11. The number of carbonyl (C=O) groups excluding carboxylic acids is 1. The first-order valence-electron chi connectivity index (χ1n) is 8.86. The Balaban J connectivity index is 0.00000144. The zero-order valence-electron chi connectivity index (χ0n) is 14.0. The Kier molecular flexibility index (Phi) is 3.85. The fourth-order valence-electron chi connectivity index (χ4n) is 6.79. The third-order valence-electron chi connectivity index (χ3n) is 6.83. The molecule has 126 valence electrons. The van der Waals surface area contributed by atoms with Gasteiger partial charge in [0.05, 0.1) is 5.41 Å². The highest BCUT2D eigenvalue weighted by molar-refractivity contribution is 5.85. The van der Waals surface area contributed by atoms with Crippen LogP contribution in [0.15, 0.2) is 0 Å². The average Bonchev–Trinajstić information content (AvgIpc) is 3.14. The quantitative estimate of drug-likeness (QED) is 0.833. The van der Waals surface area contributed by atoms with Gasteiger partial charge >= 0.3 is 0 Å². The van der Waals surface area contributed by atoms with Crippen molar-refractivity contribution in [2.24, 2.45) is 33.8 Å². The smallest absolute Gasteiger partial charge is 0.226 e. The molecule has 0 aromatic heterocycles. The predicted molar refractivity (Wildman–Crippen MR) is 90.8 cm³/mol. The number of hydrogen-bond acceptors (Lipinski definition) is 2. The molecule has 0 saturated heterocycles. The van der Waals surface area contributed by atoms with Gasteiger partial charge in [-0.1, -0.05) is 13.8 Å². The van der Waals surface area contributed by atoms with Crippen molar-refractivity contribution >= 4 is 18.3 Å². The van der Waals surface area contributed by atoms with E-state index in [4.69, 9.17) is 5.73 Å². The van der Waals surface area contributed by atoms with Crippen molar-refractivity contribution < 1.29 is 4.79 Å². The third-order valence-corrected chi connectivity index (χ3v) is 6.83. The molecule has 5 aliphatic rings. The summed E-state index contributed by atoms with van der Waals surface area (Å²) in [5.74, 6) is 1.76. The first kappa shape index (κ1) is 16.6. The van der Waals surface area contributed by atoms with Gasteiger partial charge in [0.25, 0.3) is 0 Å². The predicted octanol–water partition coefficient (Wildman–Crippen LogP) is 3.26. The monoisotopic (exact) mass is 326 g/mol. The Morgan fingerprint density at radius 3 is 2.23 bits per heavy atom. The Morgan fingerprint density at radius 2 is 1.73 bits per heavy atom. The highest BCUT2D eigenvalue weighted by Gasteiger charge is 2.62. The molecule has 5 fully saturated rings. The minimum atomic E-state index is -0.0772. The summed E-state index contributed by atoms with van der Waals surface area (Å²) in [4.78, 5) is 13.0. The Bertz CT molecular complexity index is 458. The van der Waals surface area contributed by atoms with Crippen molar-refractivity contribution in [1.82, 2.24) is 5.32 Å². The summed E-state index contributed by atoms with van der Waals surface area (Å²) in [5.41, 5.74) is 6.89. The van der Waals surface area contributed by atoms with Crippen LogP contribution >= 0.6 is 12.4 Å². The molecule has 3 unspecified atom stereocenters. The Morgan fingerprint density at radius 1 is 1.14 bits per heavy atom. The molecular formula is C18H31ClN2O. The molecule has 5 rings (SSSR count). The maximum absolute atomic E-state index is 13.0. The average molecular weight is 327 g/mol. The van der Waals surface area contributed by atoms with Crippen LogP contribution in [-0.2, 0) is 4.79 Å². The van der Waals surface area contributed by atoms with Crippen molar-refractivity contribution in [2.75, 3.05) is 6.54 Å². The number of halogens is 1. The molecule has 0 spiro atoms. The van der Waals surface area contributed by atoms with Crippen molar-refractivity contribution in [3.63, 3.8) is 0 Å². The summed E-state index contributed by atoms with van der Waals surface area (Å²) in [6.07, 6.45) is 9.86. The highest BCUT2D eigenvalue weighted by Crippen LogP contribution is 2.69. The van der Waals surface area contributed by atoms with Crippen molar-refractivity contribution in [3.8, 4) is 0 Å². The lowest BCUT2D eigenvalue weighted by Gasteiger charge is -2.64. The summed E-state index contributed by atoms with van der Waals surface area (Å²) in [6.45, 7) is 5.53. The molecule has 0 radical (unpaired) electrons. The van der Waals surface area contributed by atoms with E-state index in [1.807, 2.05) is 0 Å². The first-order valence-corrected chi connectivity index (χ1v) is 8.86. The molecule has 4 heteroatoms. The van der Waals surface area contributed by atoms with Gasteiger partial charge in [-0.3, -0.25) is 4.79 Å². The van der Waals surface area contributed by atoms with Gasteiger partial charge in [-0.05, 0) is 74.0 Å². The lowest BCUT2D eigenvalue weighted by molar-refractivity contribution is -0.170. The summed E-state index contributed by atoms with van der Waals surface area (Å²) >= 11 is 0. The lowest BCUT2D eigenvalue weighted by atomic mass is 9.40. The minimum Gasteiger partial charge on any atom is -0.354 e. The van der Waals surface area contributed by atoms with Gasteiger partial charge in [0.1, 0.15) is 0 Å². The van der Waals surface area contributed by atoms with E-state index in [0.717, 1.165) is 25.2 Å². The zero-order chi connectivity index (χ0) is 14.9. The summed E-state index contributed by atoms with van der Waals surface area (Å²) in [5, 5.41) is 3.23. The number of carbonyl (C=O) groups is 1. The molecular weight excluding hydrogens is 296 g/mol.